The van der Waals surface area contributed by atoms with Crippen molar-refractivity contribution in [1.29, 1.82) is 0 Å². The third-order valence-electron chi connectivity index (χ3n) is 3.08. The number of rotatable bonds is 3. The van der Waals surface area contributed by atoms with E-state index in [9.17, 15) is 22.8 Å². The number of nitrogens with one attached hydrogen (secondary N) is 2. The van der Waals surface area contributed by atoms with Crippen LogP contribution in [0.5, 0.6) is 0 Å². The molecule has 0 aliphatic carbocycles. The molecule has 0 saturated carbocycles. The number of carbonyl (C=O) groups excluding carboxylic acids is 2. The average molecular weight is 344 g/mol. The number of amides is 2. The van der Waals surface area contributed by atoms with Crippen LogP contribution in [0.25, 0.3) is 0 Å². The van der Waals surface area contributed by atoms with Crippen molar-refractivity contribution in [2.75, 3.05) is 5.32 Å². The molecule has 1 aromatic rings. The molecule has 24 heavy (non-hydrogen) atoms. The summed E-state index contributed by atoms with van der Waals surface area (Å²) in [5.41, 5.74) is -1.67. The van der Waals surface area contributed by atoms with Crippen LogP contribution >= 0.6 is 0 Å². The van der Waals surface area contributed by atoms with Gasteiger partial charge in [0.15, 0.2) is 0 Å². The van der Waals surface area contributed by atoms with Gasteiger partial charge >= 0.3 is 18.0 Å². The van der Waals surface area contributed by atoms with Gasteiger partial charge in [-0.1, -0.05) is 26.8 Å². The zero-order chi connectivity index (χ0) is 18.8. The van der Waals surface area contributed by atoms with Gasteiger partial charge in [0, 0.05) is 11.2 Å². The first-order chi connectivity index (χ1) is 10.7. The van der Waals surface area contributed by atoms with E-state index in [1.807, 2.05) is 20.8 Å². The predicted molar refractivity (Wildman–Crippen MR) is 86.4 cm³/mol. The molecular weight excluding hydrogens is 321 g/mol. The topological polar surface area (TPSA) is 58.2 Å². The summed E-state index contributed by atoms with van der Waals surface area (Å²) in [5.74, 6) is -1.89. The van der Waals surface area contributed by atoms with Crippen molar-refractivity contribution in [2.24, 2.45) is 5.41 Å². The molecular formula is C17H23F3N2O2. The van der Waals surface area contributed by atoms with Gasteiger partial charge in [-0.3, -0.25) is 9.59 Å². The van der Waals surface area contributed by atoms with Crippen molar-refractivity contribution in [3.8, 4) is 0 Å². The maximum absolute atomic E-state index is 12.7. The van der Waals surface area contributed by atoms with E-state index in [0.29, 0.717) is 6.42 Å². The molecule has 0 unspecified atom stereocenters. The summed E-state index contributed by atoms with van der Waals surface area (Å²) in [6.45, 7) is 9.58. The molecule has 2 amide bonds. The highest BCUT2D eigenvalue weighted by Crippen LogP contribution is 2.30. The van der Waals surface area contributed by atoms with Crippen LogP contribution in [0.3, 0.4) is 0 Å². The van der Waals surface area contributed by atoms with Gasteiger partial charge in [-0.15, -0.1) is 0 Å². The van der Waals surface area contributed by atoms with Crippen molar-refractivity contribution in [3.63, 3.8) is 0 Å². The van der Waals surface area contributed by atoms with Crippen molar-refractivity contribution < 1.29 is 22.8 Å². The summed E-state index contributed by atoms with van der Waals surface area (Å²) in [6.07, 6.45) is -3.89. The summed E-state index contributed by atoms with van der Waals surface area (Å²) in [6, 6.07) is 4.13. The van der Waals surface area contributed by atoms with Crippen molar-refractivity contribution >= 4 is 17.5 Å². The molecule has 0 aromatic heterocycles. The van der Waals surface area contributed by atoms with E-state index < -0.39 is 29.1 Å². The molecule has 0 aliphatic rings. The smallest absolute Gasteiger partial charge is 0.343 e. The molecule has 0 aliphatic heterocycles. The van der Waals surface area contributed by atoms with E-state index >= 15 is 0 Å². The van der Waals surface area contributed by atoms with Gasteiger partial charge in [-0.2, -0.15) is 13.2 Å². The van der Waals surface area contributed by atoms with Gasteiger partial charge in [-0.05, 0) is 43.9 Å². The van der Waals surface area contributed by atoms with Crippen LogP contribution in [0.2, 0.25) is 0 Å². The summed E-state index contributed by atoms with van der Waals surface area (Å²) in [5, 5.41) is 4.79. The van der Waals surface area contributed by atoms with E-state index in [0.717, 1.165) is 12.1 Å². The number of halogens is 3. The Kier molecular flexibility index (Phi) is 5.69. The van der Waals surface area contributed by atoms with Crippen LogP contribution in [0, 0.1) is 5.41 Å². The van der Waals surface area contributed by atoms with E-state index in [1.54, 1.807) is 13.8 Å². The summed E-state index contributed by atoms with van der Waals surface area (Å²) in [7, 11) is 0. The SMILES string of the molecule is CC(C)(C)CC(C)(C)NC(=O)C(=O)Nc1cccc(C(F)(F)F)c1. The molecule has 0 spiro atoms. The van der Waals surface area contributed by atoms with Crippen LogP contribution in [0.1, 0.15) is 46.6 Å². The van der Waals surface area contributed by atoms with Crippen LogP contribution in [0.4, 0.5) is 18.9 Å². The normalized spacial score (nSPS) is 12.7. The van der Waals surface area contributed by atoms with Crippen molar-refractivity contribution in [2.45, 2.75) is 52.8 Å². The molecule has 1 rings (SSSR count). The number of carbonyl (C=O) groups is 2. The molecule has 4 nitrogen and oxygen atoms in total. The molecule has 1 aromatic carbocycles. The lowest BCUT2D eigenvalue weighted by Gasteiger charge is -2.33. The zero-order valence-corrected chi connectivity index (χ0v) is 14.5. The molecule has 0 heterocycles. The van der Waals surface area contributed by atoms with Crippen molar-refractivity contribution in [3.05, 3.63) is 29.8 Å². The maximum Gasteiger partial charge on any atom is 0.416 e. The molecule has 0 saturated heterocycles. The molecule has 0 radical (unpaired) electrons. The van der Waals surface area contributed by atoms with Gasteiger partial charge in [-0.25, -0.2) is 0 Å². The Labute approximate surface area is 139 Å². The fraction of sp³-hybridized carbons (Fsp3) is 0.529. The summed E-state index contributed by atoms with van der Waals surface area (Å²) >= 11 is 0. The monoisotopic (exact) mass is 344 g/mol. The van der Waals surface area contributed by atoms with Crippen LogP contribution < -0.4 is 10.6 Å². The molecule has 134 valence electrons. The van der Waals surface area contributed by atoms with E-state index in [-0.39, 0.29) is 11.1 Å². The Balaban J connectivity index is 2.76. The van der Waals surface area contributed by atoms with Crippen molar-refractivity contribution in [1.82, 2.24) is 5.32 Å². The molecule has 7 heteroatoms. The Bertz CT molecular complexity index is 617. The second-order valence-electron chi connectivity index (χ2n) is 7.61. The summed E-state index contributed by atoms with van der Waals surface area (Å²) < 4.78 is 38.0. The Hall–Kier alpha value is -2.05. The first-order valence-corrected chi connectivity index (χ1v) is 7.50. The second-order valence-corrected chi connectivity index (χ2v) is 7.61. The molecule has 0 fully saturated rings. The highest BCUT2D eigenvalue weighted by molar-refractivity contribution is 6.39. The Morgan fingerprint density at radius 2 is 1.58 bits per heavy atom. The third kappa shape index (κ3) is 6.60. The molecule has 0 bridgehead atoms. The lowest BCUT2D eigenvalue weighted by atomic mass is 9.82. The van der Waals surface area contributed by atoms with Crippen LogP contribution in [-0.2, 0) is 15.8 Å². The van der Waals surface area contributed by atoms with Crippen LogP contribution in [0.15, 0.2) is 24.3 Å². The number of hydrogen-bond donors (Lipinski definition) is 2. The van der Waals surface area contributed by atoms with E-state index in [4.69, 9.17) is 0 Å². The molecule has 2 N–H and O–H groups in total. The number of anilines is 1. The highest BCUT2D eigenvalue weighted by atomic mass is 19.4. The summed E-state index contributed by atoms with van der Waals surface area (Å²) in [4.78, 5) is 23.9. The highest BCUT2D eigenvalue weighted by Gasteiger charge is 2.31. The lowest BCUT2D eigenvalue weighted by molar-refractivity contribution is -0.137. The Morgan fingerprint density at radius 1 is 1.00 bits per heavy atom. The van der Waals surface area contributed by atoms with Gasteiger partial charge in [0.1, 0.15) is 0 Å². The average Bonchev–Trinajstić information content (AvgIpc) is 2.34. The van der Waals surface area contributed by atoms with Gasteiger partial charge < -0.3 is 10.6 Å². The third-order valence-corrected chi connectivity index (χ3v) is 3.08. The lowest BCUT2D eigenvalue weighted by Crippen LogP contribution is -2.49. The maximum atomic E-state index is 12.7. The number of alkyl halides is 3. The largest absolute Gasteiger partial charge is 0.416 e. The van der Waals surface area contributed by atoms with Gasteiger partial charge in [0.2, 0.25) is 0 Å². The minimum atomic E-state index is -4.52. The Morgan fingerprint density at radius 3 is 2.08 bits per heavy atom. The van der Waals surface area contributed by atoms with Gasteiger partial charge in [0.05, 0.1) is 5.56 Å². The number of hydrogen-bond acceptors (Lipinski definition) is 2. The van der Waals surface area contributed by atoms with E-state index in [1.165, 1.54) is 12.1 Å². The predicted octanol–water partition coefficient (Wildman–Crippen LogP) is 3.97. The quantitative estimate of drug-likeness (QED) is 0.815. The zero-order valence-electron chi connectivity index (χ0n) is 14.5. The molecule has 0 atom stereocenters. The van der Waals surface area contributed by atoms with E-state index in [2.05, 4.69) is 10.6 Å². The standard InChI is InChI=1S/C17H23F3N2O2/c1-15(2,3)10-16(4,5)22-14(24)13(23)21-12-8-6-7-11(9-12)17(18,19)20/h6-9H,10H2,1-5H3,(H,21,23)(H,22,24). The second kappa shape index (κ2) is 6.83. The first kappa shape index (κ1) is 20.0. The number of benzene rings is 1. The minimum Gasteiger partial charge on any atom is -0.343 e. The fourth-order valence-electron chi connectivity index (χ4n) is 2.70. The van der Waals surface area contributed by atoms with Gasteiger partial charge in [0.25, 0.3) is 0 Å². The minimum absolute atomic E-state index is 0.0612. The first-order valence-electron chi connectivity index (χ1n) is 7.50. The fourth-order valence-corrected chi connectivity index (χ4v) is 2.70. The van der Waals surface area contributed by atoms with Crippen LogP contribution in [-0.4, -0.2) is 17.4 Å².